The zero-order valence-electron chi connectivity index (χ0n) is 10.0. The van der Waals surface area contributed by atoms with Gasteiger partial charge >= 0.3 is 0 Å². The van der Waals surface area contributed by atoms with Crippen LogP contribution in [-0.2, 0) is 6.42 Å². The number of benzene rings is 1. The summed E-state index contributed by atoms with van der Waals surface area (Å²) in [7, 11) is 0. The van der Waals surface area contributed by atoms with E-state index in [9.17, 15) is 9.50 Å². The molecule has 1 aliphatic rings. The van der Waals surface area contributed by atoms with Crippen LogP contribution in [0.3, 0.4) is 0 Å². The zero-order chi connectivity index (χ0) is 12.1. The third-order valence-corrected chi connectivity index (χ3v) is 3.49. The highest BCUT2D eigenvalue weighted by Gasteiger charge is 2.21. The van der Waals surface area contributed by atoms with Crippen LogP contribution >= 0.6 is 0 Å². The Morgan fingerprint density at radius 3 is 2.76 bits per heavy atom. The van der Waals surface area contributed by atoms with E-state index in [1.54, 1.807) is 6.07 Å². The first-order chi connectivity index (χ1) is 8.27. The number of halogens is 1. The second-order valence-electron chi connectivity index (χ2n) is 4.75. The van der Waals surface area contributed by atoms with Crippen LogP contribution in [0.25, 0.3) is 0 Å². The van der Waals surface area contributed by atoms with Gasteiger partial charge in [0.1, 0.15) is 5.82 Å². The minimum atomic E-state index is -0.232. The van der Waals surface area contributed by atoms with Gasteiger partial charge in [-0.05, 0) is 37.4 Å². The molecule has 94 valence electrons. The van der Waals surface area contributed by atoms with Crippen LogP contribution in [0.15, 0.2) is 24.3 Å². The monoisotopic (exact) mass is 237 g/mol. The van der Waals surface area contributed by atoms with E-state index in [0.717, 1.165) is 31.4 Å². The van der Waals surface area contributed by atoms with Gasteiger partial charge < -0.3 is 10.4 Å². The van der Waals surface area contributed by atoms with E-state index in [4.69, 9.17) is 0 Å². The molecule has 1 aromatic rings. The van der Waals surface area contributed by atoms with Crippen LogP contribution in [0, 0.1) is 5.82 Å². The summed E-state index contributed by atoms with van der Waals surface area (Å²) in [5.74, 6) is -0.140. The molecule has 0 bridgehead atoms. The minimum Gasteiger partial charge on any atom is -0.392 e. The van der Waals surface area contributed by atoms with E-state index >= 15 is 0 Å². The summed E-state index contributed by atoms with van der Waals surface area (Å²) in [6, 6.07) is 7.06. The smallest absolute Gasteiger partial charge is 0.126 e. The van der Waals surface area contributed by atoms with Gasteiger partial charge in [0.25, 0.3) is 0 Å². The first-order valence-electron chi connectivity index (χ1n) is 6.42. The Balaban J connectivity index is 1.77. The average Bonchev–Trinajstić information content (AvgIpc) is 2.34. The lowest BCUT2D eigenvalue weighted by atomic mass is 9.92. The Morgan fingerprint density at radius 2 is 2.00 bits per heavy atom. The van der Waals surface area contributed by atoms with Crippen molar-refractivity contribution in [1.29, 1.82) is 0 Å². The molecule has 17 heavy (non-hydrogen) atoms. The standard InChI is InChI=1S/C14H20FNO/c15-12-6-2-1-5-11(12)9-10-16-13-7-3-4-8-14(13)17/h1-2,5-6,13-14,16-17H,3-4,7-10H2/t13-,14-/m1/s1. The largest absolute Gasteiger partial charge is 0.392 e. The van der Waals surface area contributed by atoms with Gasteiger partial charge in [-0.1, -0.05) is 31.0 Å². The predicted octanol–water partition coefficient (Wildman–Crippen LogP) is 2.26. The Bertz CT molecular complexity index is 356. The molecule has 0 amide bonds. The zero-order valence-corrected chi connectivity index (χ0v) is 10.0. The molecule has 2 atom stereocenters. The Kier molecular flexibility index (Phi) is 4.51. The highest BCUT2D eigenvalue weighted by molar-refractivity contribution is 5.17. The first-order valence-corrected chi connectivity index (χ1v) is 6.42. The van der Waals surface area contributed by atoms with Crippen LogP contribution in [-0.4, -0.2) is 23.8 Å². The van der Waals surface area contributed by atoms with Crippen molar-refractivity contribution in [2.24, 2.45) is 0 Å². The molecule has 0 spiro atoms. The number of rotatable bonds is 4. The van der Waals surface area contributed by atoms with Gasteiger partial charge in [-0.15, -0.1) is 0 Å². The first kappa shape index (κ1) is 12.5. The number of hydrogen-bond acceptors (Lipinski definition) is 2. The van der Waals surface area contributed by atoms with Crippen molar-refractivity contribution in [3.05, 3.63) is 35.6 Å². The molecular formula is C14H20FNO. The van der Waals surface area contributed by atoms with Crippen molar-refractivity contribution in [1.82, 2.24) is 5.32 Å². The van der Waals surface area contributed by atoms with E-state index in [0.29, 0.717) is 6.42 Å². The number of nitrogens with one attached hydrogen (secondary N) is 1. The lowest BCUT2D eigenvalue weighted by Crippen LogP contribution is -2.42. The summed E-state index contributed by atoms with van der Waals surface area (Å²) in [4.78, 5) is 0. The van der Waals surface area contributed by atoms with Gasteiger partial charge in [-0.2, -0.15) is 0 Å². The van der Waals surface area contributed by atoms with Gasteiger partial charge in [-0.3, -0.25) is 0 Å². The lowest BCUT2D eigenvalue weighted by Gasteiger charge is -2.28. The average molecular weight is 237 g/mol. The molecule has 1 fully saturated rings. The maximum absolute atomic E-state index is 13.4. The molecule has 2 nitrogen and oxygen atoms in total. The number of aliphatic hydroxyl groups excluding tert-OH is 1. The maximum Gasteiger partial charge on any atom is 0.126 e. The van der Waals surface area contributed by atoms with Crippen molar-refractivity contribution in [3.63, 3.8) is 0 Å². The van der Waals surface area contributed by atoms with Gasteiger partial charge in [0.2, 0.25) is 0 Å². The van der Waals surface area contributed by atoms with Crippen molar-refractivity contribution in [2.45, 2.75) is 44.2 Å². The van der Waals surface area contributed by atoms with Crippen molar-refractivity contribution >= 4 is 0 Å². The molecule has 0 unspecified atom stereocenters. The van der Waals surface area contributed by atoms with E-state index in [1.807, 2.05) is 12.1 Å². The summed E-state index contributed by atoms with van der Waals surface area (Å²) in [5.41, 5.74) is 0.741. The molecule has 1 saturated carbocycles. The second kappa shape index (κ2) is 6.12. The van der Waals surface area contributed by atoms with Crippen LogP contribution in [0.2, 0.25) is 0 Å². The normalized spacial score (nSPS) is 24.8. The van der Waals surface area contributed by atoms with E-state index in [2.05, 4.69) is 5.32 Å². The molecular weight excluding hydrogens is 217 g/mol. The van der Waals surface area contributed by atoms with E-state index in [1.165, 1.54) is 12.5 Å². The van der Waals surface area contributed by atoms with Crippen LogP contribution < -0.4 is 5.32 Å². The van der Waals surface area contributed by atoms with Gasteiger partial charge in [0.15, 0.2) is 0 Å². The minimum absolute atomic E-state index is 0.140. The summed E-state index contributed by atoms with van der Waals surface area (Å²) in [6.07, 6.45) is 4.65. The lowest BCUT2D eigenvalue weighted by molar-refractivity contribution is 0.0913. The topological polar surface area (TPSA) is 32.3 Å². The maximum atomic E-state index is 13.4. The predicted molar refractivity (Wildman–Crippen MR) is 66.4 cm³/mol. The molecule has 0 heterocycles. The molecule has 2 rings (SSSR count). The molecule has 2 N–H and O–H groups in total. The molecule has 0 aliphatic heterocycles. The molecule has 1 aliphatic carbocycles. The molecule has 1 aromatic carbocycles. The van der Waals surface area contributed by atoms with Crippen LogP contribution in [0.5, 0.6) is 0 Å². The third kappa shape index (κ3) is 3.51. The van der Waals surface area contributed by atoms with Crippen LogP contribution in [0.4, 0.5) is 4.39 Å². The summed E-state index contributed by atoms with van der Waals surface area (Å²) >= 11 is 0. The molecule has 0 saturated heterocycles. The molecule has 0 radical (unpaired) electrons. The van der Waals surface area contributed by atoms with Crippen molar-refractivity contribution < 1.29 is 9.50 Å². The van der Waals surface area contributed by atoms with E-state index < -0.39 is 0 Å². The fourth-order valence-corrected chi connectivity index (χ4v) is 2.44. The third-order valence-electron chi connectivity index (χ3n) is 3.49. The highest BCUT2D eigenvalue weighted by Crippen LogP contribution is 2.18. The second-order valence-corrected chi connectivity index (χ2v) is 4.75. The molecule has 0 aromatic heterocycles. The fraction of sp³-hybridized carbons (Fsp3) is 0.571. The van der Waals surface area contributed by atoms with Crippen LogP contribution in [0.1, 0.15) is 31.2 Å². The Hall–Kier alpha value is -0.930. The Labute approximate surface area is 102 Å². The van der Waals surface area contributed by atoms with Gasteiger partial charge in [-0.25, -0.2) is 4.39 Å². The van der Waals surface area contributed by atoms with Gasteiger partial charge in [0.05, 0.1) is 6.10 Å². The highest BCUT2D eigenvalue weighted by atomic mass is 19.1. The van der Waals surface area contributed by atoms with Gasteiger partial charge in [0, 0.05) is 6.04 Å². The van der Waals surface area contributed by atoms with Crippen molar-refractivity contribution in [3.8, 4) is 0 Å². The van der Waals surface area contributed by atoms with Crippen molar-refractivity contribution in [2.75, 3.05) is 6.54 Å². The summed E-state index contributed by atoms with van der Waals surface area (Å²) < 4.78 is 13.4. The summed E-state index contributed by atoms with van der Waals surface area (Å²) in [5, 5.41) is 13.1. The number of hydrogen-bond donors (Lipinski definition) is 2. The quantitative estimate of drug-likeness (QED) is 0.842. The van der Waals surface area contributed by atoms with E-state index in [-0.39, 0.29) is 18.0 Å². The fourth-order valence-electron chi connectivity index (χ4n) is 2.44. The number of aliphatic hydroxyl groups is 1. The molecule has 3 heteroatoms. The summed E-state index contributed by atoms with van der Waals surface area (Å²) in [6.45, 7) is 0.725. The SMILES string of the molecule is O[C@@H]1CCCC[C@H]1NCCc1ccccc1F. The Morgan fingerprint density at radius 1 is 1.24 bits per heavy atom.